The van der Waals surface area contributed by atoms with E-state index < -0.39 is 35.7 Å². The van der Waals surface area contributed by atoms with Gasteiger partial charge in [-0.05, 0) is 55.0 Å². The minimum absolute atomic E-state index is 0.0956. The Hall–Kier alpha value is -4.65. The minimum Gasteiger partial charge on any atom is -0.344 e. The predicted octanol–water partition coefficient (Wildman–Crippen LogP) is 4.25. The quantitative estimate of drug-likeness (QED) is 0.246. The Morgan fingerprint density at radius 1 is 0.880 bits per heavy atom. The van der Waals surface area contributed by atoms with Gasteiger partial charge in [-0.3, -0.25) is 28.8 Å². The number of nitrogens with zero attached hydrogens (tertiary/aromatic N) is 4. The number of halogens is 2. The molecule has 1 saturated heterocycles. The second kappa shape index (κ2) is 16.8. The summed E-state index contributed by atoms with van der Waals surface area (Å²) >= 11 is 0. The molecule has 1 saturated carbocycles. The van der Waals surface area contributed by atoms with Gasteiger partial charge < -0.3 is 20.9 Å². The van der Waals surface area contributed by atoms with E-state index in [0.29, 0.717) is 25.3 Å². The summed E-state index contributed by atoms with van der Waals surface area (Å²) in [5.41, 5.74) is 2.74. The highest BCUT2D eigenvalue weighted by molar-refractivity contribution is 6.00. The number of carbonyl (C=O) groups is 4. The molecule has 0 unspecified atom stereocenters. The summed E-state index contributed by atoms with van der Waals surface area (Å²) in [5.74, 6) is -4.61. The lowest BCUT2D eigenvalue weighted by Crippen LogP contribution is -2.55. The molecule has 2 aromatic carbocycles. The van der Waals surface area contributed by atoms with Crippen LogP contribution in [0.5, 0.6) is 0 Å². The fraction of sp³-hybridized carbons (Fsp3) is 0.486. The van der Waals surface area contributed by atoms with E-state index in [2.05, 4.69) is 38.1 Å². The molecule has 4 amide bonds. The summed E-state index contributed by atoms with van der Waals surface area (Å²) in [6.07, 6.45) is 1.50. The smallest absolute Gasteiger partial charge is 0.270 e. The van der Waals surface area contributed by atoms with Gasteiger partial charge >= 0.3 is 0 Å². The van der Waals surface area contributed by atoms with Gasteiger partial charge in [0.25, 0.3) is 5.91 Å². The van der Waals surface area contributed by atoms with Crippen molar-refractivity contribution >= 4 is 29.3 Å². The number of benzene rings is 2. The molecule has 3 N–H and O–H groups in total. The number of hydrogen-bond acceptors (Lipinski definition) is 6. The number of rotatable bonds is 13. The van der Waals surface area contributed by atoms with Crippen molar-refractivity contribution in [3.05, 3.63) is 83.7 Å². The van der Waals surface area contributed by atoms with Crippen LogP contribution in [0.1, 0.15) is 67.6 Å². The third kappa shape index (κ3) is 9.74. The summed E-state index contributed by atoms with van der Waals surface area (Å²) in [5, 5.41) is 12.6. The van der Waals surface area contributed by atoms with Crippen molar-refractivity contribution in [2.24, 2.45) is 5.92 Å². The lowest BCUT2D eigenvalue weighted by atomic mass is 9.81. The van der Waals surface area contributed by atoms with Crippen molar-refractivity contribution in [3.8, 4) is 0 Å². The Balaban J connectivity index is 1.22. The molecule has 1 aromatic heterocycles. The third-order valence-corrected chi connectivity index (χ3v) is 9.60. The zero-order valence-corrected chi connectivity index (χ0v) is 28.7. The monoisotopic (exact) mass is 691 g/mol. The normalized spacial score (nSPS) is 17.8. The molecule has 0 bridgehead atoms. The largest absolute Gasteiger partial charge is 0.344 e. The first-order valence-electron chi connectivity index (χ1n) is 17.5. The second-order valence-electron chi connectivity index (χ2n) is 13.1. The summed E-state index contributed by atoms with van der Waals surface area (Å²) < 4.78 is 29.5. The van der Waals surface area contributed by atoms with Crippen LogP contribution in [0.25, 0.3) is 0 Å². The number of carbonyl (C=O) groups excluding carboxylic acids is 4. The molecule has 13 heteroatoms. The van der Waals surface area contributed by atoms with E-state index in [-0.39, 0.29) is 56.0 Å². The van der Waals surface area contributed by atoms with Gasteiger partial charge in [0.1, 0.15) is 17.8 Å². The van der Waals surface area contributed by atoms with Gasteiger partial charge in [0.15, 0.2) is 0 Å². The van der Waals surface area contributed by atoms with E-state index in [0.717, 1.165) is 25.2 Å². The van der Waals surface area contributed by atoms with E-state index >= 15 is 0 Å². The number of amides is 4. The highest BCUT2D eigenvalue weighted by Gasteiger charge is 2.40. The van der Waals surface area contributed by atoms with E-state index in [1.807, 2.05) is 25.1 Å². The van der Waals surface area contributed by atoms with Crippen LogP contribution < -0.4 is 16.0 Å². The molecular weight excluding hydrogens is 644 g/mol. The molecule has 0 spiro atoms. The Labute approximate surface area is 291 Å². The molecule has 11 nitrogen and oxygen atoms in total. The van der Waals surface area contributed by atoms with Crippen LogP contribution >= 0.6 is 0 Å². The van der Waals surface area contributed by atoms with Crippen molar-refractivity contribution in [2.75, 3.05) is 31.5 Å². The Morgan fingerprint density at radius 2 is 1.56 bits per heavy atom. The maximum atomic E-state index is 14.0. The first-order valence-corrected chi connectivity index (χ1v) is 17.5. The van der Waals surface area contributed by atoms with E-state index in [4.69, 9.17) is 0 Å². The molecule has 2 fully saturated rings. The van der Waals surface area contributed by atoms with Gasteiger partial charge in [0.2, 0.25) is 23.6 Å². The van der Waals surface area contributed by atoms with Crippen molar-refractivity contribution in [1.29, 1.82) is 0 Å². The zero-order chi connectivity index (χ0) is 35.7. The van der Waals surface area contributed by atoms with E-state index in [1.54, 1.807) is 42.2 Å². The van der Waals surface area contributed by atoms with Gasteiger partial charge in [0.05, 0.1) is 0 Å². The van der Waals surface area contributed by atoms with Gasteiger partial charge in [-0.2, -0.15) is 5.10 Å². The van der Waals surface area contributed by atoms with Crippen LogP contribution in [-0.4, -0.2) is 87.4 Å². The fourth-order valence-electron chi connectivity index (χ4n) is 6.65. The molecule has 1 aliphatic heterocycles. The topological polar surface area (TPSA) is 129 Å². The number of piperazine rings is 1. The lowest BCUT2D eigenvalue weighted by Gasteiger charge is -2.36. The fourth-order valence-corrected chi connectivity index (χ4v) is 6.65. The average molecular weight is 692 g/mol. The van der Waals surface area contributed by atoms with Crippen LogP contribution in [0, 0.1) is 5.92 Å². The Morgan fingerprint density at radius 3 is 2.20 bits per heavy atom. The highest BCUT2D eigenvalue weighted by Crippen LogP contribution is 2.37. The number of aromatic nitrogens is 2. The average Bonchev–Trinajstić information content (AvgIpc) is 3.61. The zero-order valence-electron chi connectivity index (χ0n) is 28.7. The summed E-state index contributed by atoms with van der Waals surface area (Å²) in [4.78, 5) is 57.0. The van der Waals surface area contributed by atoms with Crippen LogP contribution in [-0.2, 0) is 33.9 Å². The van der Waals surface area contributed by atoms with Crippen LogP contribution in [0.3, 0.4) is 0 Å². The lowest BCUT2D eigenvalue weighted by molar-refractivity contribution is -0.138. The first-order chi connectivity index (χ1) is 24.0. The number of anilines is 1. The van der Waals surface area contributed by atoms with Crippen molar-refractivity contribution < 1.29 is 28.0 Å². The maximum absolute atomic E-state index is 14.0. The first kappa shape index (κ1) is 36.6. The Kier molecular flexibility index (Phi) is 12.3. The van der Waals surface area contributed by atoms with E-state index in [1.165, 1.54) is 16.4 Å². The third-order valence-electron chi connectivity index (χ3n) is 9.60. The van der Waals surface area contributed by atoms with Crippen LogP contribution in [0.15, 0.2) is 66.9 Å². The maximum Gasteiger partial charge on any atom is 0.270 e. The van der Waals surface area contributed by atoms with Crippen LogP contribution in [0.4, 0.5) is 14.5 Å². The number of nitrogens with one attached hydrogen (secondary N) is 3. The van der Waals surface area contributed by atoms with Crippen molar-refractivity contribution in [1.82, 2.24) is 30.2 Å². The van der Waals surface area contributed by atoms with E-state index in [9.17, 15) is 28.0 Å². The van der Waals surface area contributed by atoms with Crippen molar-refractivity contribution in [2.45, 2.75) is 83.5 Å². The molecule has 2 aliphatic rings. The molecule has 2 atom stereocenters. The van der Waals surface area contributed by atoms with Gasteiger partial charge in [-0.1, -0.05) is 49.4 Å². The number of alkyl halides is 2. The standard InChI is InChI=1S/C37H47F2N7O4/c1-3-32(47)42-30(36(50)45-22-20-44(21-23-45)25-27-8-6-5-7-9-27)24-26-10-12-29(13-11-26)41-35(49)33(28-14-17-37(38,39)18-15-28)43-34(48)31-16-19-40-46(31)4-2/h5-13,16,19,28,30,33H,3-4,14-15,17-18,20-25H2,1-2H3,(H,41,49)(H,42,47)(H,43,48)/t30-,33+/m1/s1. The minimum atomic E-state index is -2.79. The molecule has 50 heavy (non-hydrogen) atoms. The molecule has 1 aliphatic carbocycles. The van der Waals surface area contributed by atoms with Gasteiger partial charge in [0, 0.05) is 76.8 Å². The van der Waals surface area contributed by atoms with Crippen LogP contribution in [0.2, 0.25) is 0 Å². The summed E-state index contributed by atoms with van der Waals surface area (Å²) in [6.45, 7) is 7.43. The SMILES string of the molecule is CCC(=O)N[C@H](Cc1ccc(NC(=O)[C@@H](NC(=O)c2ccnn2CC)C2CCC(F)(F)CC2)cc1)C(=O)N1CCN(Cc2ccccc2)CC1. The summed E-state index contributed by atoms with van der Waals surface area (Å²) in [6, 6.07) is 16.9. The predicted molar refractivity (Wildman–Crippen MR) is 185 cm³/mol. The van der Waals surface area contributed by atoms with Gasteiger partial charge in [-0.15, -0.1) is 0 Å². The van der Waals surface area contributed by atoms with Crippen molar-refractivity contribution in [3.63, 3.8) is 0 Å². The molecular formula is C37H47F2N7O4. The molecule has 2 heterocycles. The Bertz CT molecular complexity index is 1600. The highest BCUT2D eigenvalue weighted by atomic mass is 19.3. The van der Waals surface area contributed by atoms with Gasteiger partial charge in [-0.25, -0.2) is 8.78 Å². The summed E-state index contributed by atoms with van der Waals surface area (Å²) in [7, 11) is 0. The number of hydrogen-bond donors (Lipinski definition) is 3. The number of aryl methyl sites for hydroxylation is 1. The molecule has 268 valence electrons. The molecule has 0 radical (unpaired) electrons. The second-order valence-corrected chi connectivity index (χ2v) is 13.1. The molecule has 3 aromatic rings. The molecule has 5 rings (SSSR count).